The number of aliphatic hydroxyl groups is 2. The number of hydrogen-bond acceptors (Lipinski definition) is 2. The molecule has 2 N–H and O–H groups in total. The van der Waals surface area contributed by atoms with Gasteiger partial charge in [0, 0.05) is 12.3 Å². The minimum Gasteiger partial charge on any atom is -0.365 e. The molecule has 2 nitrogen and oxygen atoms in total. The van der Waals surface area contributed by atoms with E-state index in [0.29, 0.717) is 6.42 Å². The standard InChI is InChI=1S/C8H14O2/c9-8(10)4-3-6-1-2-7(8)5-6/h6-7,9-10H,1-5H2/t6-,7+/m1/s1. The zero-order valence-electron chi connectivity index (χ0n) is 6.08. The molecule has 2 bridgehead atoms. The molecule has 0 amide bonds. The van der Waals surface area contributed by atoms with Crippen LogP contribution in [0.4, 0.5) is 0 Å². The third-order valence-corrected chi connectivity index (χ3v) is 3.12. The average molecular weight is 142 g/mol. The van der Waals surface area contributed by atoms with Gasteiger partial charge < -0.3 is 10.2 Å². The van der Waals surface area contributed by atoms with E-state index in [-0.39, 0.29) is 5.92 Å². The topological polar surface area (TPSA) is 40.5 Å². The summed E-state index contributed by atoms with van der Waals surface area (Å²) in [6.45, 7) is 0. The van der Waals surface area contributed by atoms with Crippen LogP contribution in [0.3, 0.4) is 0 Å². The molecule has 2 aliphatic rings. The van der Waals surface area contributed by atoms with Crippen LogP contribution < -0.4 is 0 Å². The Bertz CT molecular complexity index is 142. The summed E-state index contributed by atoms with van der Waals surface area (Å²) >= 11 is 0. The molecule has 0 heterocycles. The Hall–Kier alpha value is -0.0800. The normalized spacial score (nSPS) is 43.8. The summed E-state index contributed by atoms with van der Waals surface area (Å²) in [5.74, 6) is -0.323. The van der Waals surface area contributed by atoms with Gasteiger partial charge in [-0.1, -0.05) is 0 Å². The predicted molar refractivity (Wildman–Crippen MR) is 37.2 cm³/mol. The third-order valence-electron chi connectivity index (χ3n) is 3.12. The summed E-state index contributed by atoms with van der Waals surface area (Å²) in [5.41, 5.74) is 0. The van der Waals surface area contributed by atoms with Crippen LogP contribution in [-0.4, -0.2) is 16.0 Å². The molecule has 2 fully saturated rings. The molecular weight excluding hydrogens is 128 g/mol. The zero-order valence-corrected chi connectivity index (χ0v) is 6.08. The van der Waals surface area contributed by atoms with Crippen molar-refractivity contribution in [3.05, 3.63) is 0 Å². The van der Waals surface area contributed by atoms with Gasteiger partial charge in [0.1, 0.15) is 0 Å². The fraction of sp³-hybridized carbons (Fsp3) is 1.00. The van der Waals surface area contributed by atoms with Gasteiger partial charge in [0.25, 0.3) is 0 Å². The van der Waals surface area contributed by atoms with Crippen molar-refractivity contribution in [2.45, 2.75) is 37.9 Å². The Morgan fingerprint density at radius 3 is 2.60 bits per heavy atom. The third kappa shape index (κ3) is 0.867. The van der Waals surface area contributed by atoms with E-state index in [1.54, 1.807) is 0 Å². The van der Waals surface area contributed by atoms with Crippen molar-refractivity contribution in [3.63, 3.8) is 0 Å². The second kappa shape index (κ2) is 1.95. The van der Waals surface area contributed by atoms with Gasteiger partial charge in [-0.15, -0.1) is 0 Å². The highest BCUT2D eigenvalue weighted by Crippen LogP contribution is 2.46. The summed E-state index contributed by atoms with van der Waals surface area (Å²) in [7, 11) is 0. The minimum atomic E-state index is -1.31. The van der Waals surface area contributed by atoms with E-state index >= 15 is 0 Å². The van der Waals surface area contributed by atoms with Gasteiger partial charge >= 0.3 is 0 Å². The maximum absolute atomic E-state index is 9.42. The molecule has 2 rings (SSSR count). The van der Waals surface area contributed by atoms with E-state index in [2.05, 4.69) is 0 Å². The van der Waals surface area contributed by atoms with Crippen molar-refractivity contribution in [1.29, 1.82) is 0 Å². The van der Waals surface area contributed by atoms with E-state index in [4.69, 9.17) is 0 Å². The van der Waals surface area contributed by atoms with Gasteiger partial charge in [-0.3, -0.25) is 0 Å². The quantitative estimate of drug-likeness (QED) is 0.493. The Morgan fingerprint density at radius 2 is 1.90 bits per heavy atom. The molecule has 0 unspecified atom stereocenters. The monoisotopic (exact) mass is 142 g/mol. The van der Waals surface area contributed by atoms with E-state index in [1.807, 2.05) is 0 Å². The molecule has 0 aromatic rings. The molecule has 2 heteroatoms. The van der Waals surface area contributed by atoms with Crippen LogP contribution in [-0.2, 0) is 0 Å². The summed E-state index contributed by atoms with van der Waals surface area (Å²) in [6.07, 6.45) is 4.91. The lowest BCUT2D eigenvalue weighted by Gasteiger charge is -2.32. The van der Waals surface area contributed by atoms with Gasteiger partial charge in [-0.05, 0) is 31.6 Å². The zero-order chi connectivity index (χ0) is 7.19. The van der Waals surface area contributed by atoms with Crippen LogP contribution in [0.15, 0.2) is 0 Å². The highest BCUT2D eigenvalue weighted by atomic mass is 16.5. The number of rotatable bonds is 0. The average Bonchev–Trinajstić information content (AvgIpc) is 2.26. The van der Waals surface area contributed by atoms with Crippen molar-refractivity contribution >= 4 is 0 Å². The first-order chi connectivity index (χ1) is 4.68. The van der Waals surface area contributed by atoms with Gasteiger partial charge in [0.15, 0.2) is 5.79 Å². The van der Waals surface area contributed by atoms with Crippen molar-refractivity contribution < 1.29 is 10.2 Å². The fourth-order valence-electron chi connectivity index (χ4n) is 2.38. The second-order valence-electron chi connectivity index (χ2n) is 3.79. The lowest BCUT2D eigenvalue weighted by molar-refractivity contribution is -0.212. The molecule has 0 aromatic heterocycles. The van der Waals surface area contributed by atoms with Crippen LogP contribution in [0.1, 0.15) is 32.1 Å². The Kier molecular flexibility index (Phi) is 1.29. The molecule has 0 saturated heterocycles. The van der Waals surface area contributed by atoms with Crippen LogP contribution in [0.2, 0.25) is 0 Å². The number of fused-ring (bicyclic) bond motifs is 2. The second-order valence-corrected chi connectivity index (χ2v) is 3.79. The van der Waals surface area contributed by atoms with Crippen molar-refractivity contribution in [1.82, 2.24) is 0 Å². The number of hydrogen-bond donors (Lipinski definition) is 2. The van der Waals surface area contributed by atoms with Crippen molar-refractivity contribution in [2.24, 2.45) is 11.8 Å². The molecule has 0 aromatic carbocycles. The molecule has 0 radical (unpaired) electrons. The first-order valence-corrected chi connectivity index (χ1v) is 4.13. The minimum absolute atomic E-state index is 0.186. The molecule has 10 heavy (non-hydrogen) atoms. The van der Waals surface area contributed by atoms with E-state index < -0.39 is 5.79 Å². The Balaban J connectivity index is 2.14. The highest BCUT2D eigenvalue weighted by molar-refractivity contribution is 4.90. The van der Waals surface area contributed by atoms with Gasteiger partial charge in [-0.2, -0.15) is 0 Å². The first kappa shape index (κ1) is 6.62. The van der Waals surface area contributed by atoms with Crippen LogP contribution in [0.5, 0.6) is 0 Å². The van der Waals surface area contributed by atoms with Gasteiger partial charge in [0.2, 0.25) is 0 Å². The summed E-state index contributed by atoms with van der Waals surface area (Å²) < 4.78 is 0. The smallest absolute Gasteiger partial charge is 0.165 e. The molecule has 2 saturated carbocycles. The van der Waals surface area contributed by atoms with Crippen LogP contribution >= 0.6 is 0 Å². The largest absolute Gasteiger partial charge is 0.365 e. The van der Waals surface area contributed by atoms with Gasteiger partial charge in [0.05, 0.1) is 0 Å². The molecule has 0 aliphatic heterocycles. The Morgan fingerprint density at radius 1 is 1.10 bits per heavy atom. The molecular formula is C8H14O2. The summed E-state index contributed by atoms with van der Waals surface area (Å²) in [4.78, 5) is 0. The summed E-state index contributed by atoms with van der Waals surface area (Å²) in [5, 5.41) is 18.8. The molecule has 0 spiro atoms. The van der Waals surface area contributed by atoms with Gasteiger partial charge in [-0.25, -0.2) is 0 Å². The van der Waals surface area contributed by atoms with Crippen LogP contribution in [0.25, 0.3) is 0 Å². The van der Waals surface area contributed by atoms with Crippen molar-refractivity contribution in [2.75, 3.05) is 0 Å². The van der Waals surface area contributed by atoms with E-state index in [0.717, 1.165) is 25.2 Å². The SMILES string of the molecule is OC1(O)CC[C@H]2CC[C@H]1C2. The maximum atomic E-state index is 9.42. The first-order valence-electron chi connectivity index (χ1n) is 4.13. The molecule has 2 aliphatic carbocycles. The predicted octanol–water partition coefficient (Wildman–Crippen LogP) is 0.877. The highest BCUT2D eigenvalue weighted by Gasteiger charge is 2.44. The lowest BCUT2D eigenvalue weighted by atomic mass is 9.84. The lowest BCUT2D eigenvalue weighted by Crippen LogP contribution is -2.38. The molecule has 2 atom stereocenters. The van der Waals surface area contributed by atoms with E-state index in [1.165, 1.54) is 6.42 Å². The van der Waals surface area contributed by atoms with Crippen molar-refractivity contribution in [3.8, 4) is 0 Å². The van der Waals surface area contributed by atoms with E-state index in [9.17, 15) is 10.2 Å². The fourth-order valence-corrected chi connectivity index (χ4v) is 2.38. The van der Waals surface area contributed by atoms with Crippen LogP contribution in [0, 0.1) is 11.8 Å². The Labute approximate surface area is 60.9 Å². The molecule has 58 valence electrons. The maximum Gasteiger partial charge on any atom is 0.165 e. The summed E-state index contributed by atoms with van der Waals surface area (Å²) in [6, 6.07) is 0.